The fourth-order valence-corrected chi connectivity index (χ4v) is 2.33. The highest BCUT2D eigenvalue weighted by atomic mass is 32.1. The van der Waals surface area contributed by atoms with Gasteiger partial charge in [0.05, 0.1) is 0 Å². The van der Waals surface area contributed by atoms with Crippen LogP contribution in [-0.4, -0.2) is 43.7 Å². The molecule has 0 spiro atoms. The zero-order valence-electron chi connectivity index (χ0n) is 10.1. The Bertz CT molecular complexity index is 601. The first-order chi connectivity index (χ1) is 8.88. The van der Waals surface area contributed by atoms with Crippen molar-refractivity contribution in [3.8, 4) is 0 Å². The van der Waals surface area contributed by atoms with Crippen LogP contribution in [0.25, 0.3) is 4.96 Å². The molecule has 0 unspecified atom stereocenters. The van der Waals surface area contributed by atoms with Crippen molar-refractivity contribution < 1.29 is 18.0 Å². The van der Waals surface area contributed by atoms with E-state index >= 15 is 0 Å². The maximum absolute atomic E-state index is 12.6. The van der Waals surface area contributed by atoms with Crippen molar-refractivity contribution in [2.24, 2.45) is 0 Å². The minimum atomic E-state index is -4.65. The predicted molar refractivity (Wildman–Crippen MR) is 60.9 cm³/mol. The Morgan fingerprint density at radius 2 is 1.95 bits per heavy atom. The summed E-state index contributed by atoms with van der Waals surface area (Å²) in [6, 6.07) is 0. The van der Waals surface area contributed by atoms with E-state index in [0.717, 1.165) is 11.3 Å². The van der Waals surface area contributed by atoms with Gasteiger partial charge in [-0.25, -0.2) is 0 Å². The molecule has 0 radical (unpaired) electrons. The van der Waals surface area contributed by atoms with Crippen LogP contribution < -0.4 is 0 Å². The van der Waals surface area contributed by atoms with Gasteiger partial charge in [0.1, 0.15) is 0 Å². The minimum absolute atomic E-state index is 0.0286. The second-order valence-corrected chi connectivity index (χ2v) is 4.56. The third-order valence-corrected chi connectivity index (χ3v) is 3.36. The van der Waals surface area contributed by atoms with E-state index in [2.05, 4.69) is 15.3 Å². The van der Waals surface area contributed by atoms with Crippen molar-refractivity contribution in [2.75, 3.05) is 13.1 Å². The second kappa shape index (κ2) is 4.76. The van der Waals surface area contributed by atoms with Crippen molar-refractivity contribution in [2.45, 2.75) is 20.0 Å². The van der Waals surface area contributed by atoms with E-state index in [-0.39, 0.29) is 9.97 Å². The van der Waals surface area contributed by atoms with Crippen LogP contribution in [0, 0.1) is 0 Å². The Labute approximate surface area is 109 Å². The van der Waals surface area contributed by atoms with E-state index in [1.54, 1.807) is 13.8 Å². The van der Waals surface area contributed by atoms with E-state index in [4.69, 9.17) is 0 Å². The van der Waals surface area contributed by atoms with Gasteiger partial charge in [-0.05, 0) is 13.8 Å². The monoisotopic (exact) mass is 293 g/mol. The fourth-order valence-electron chi connectivity index (χ4n) is 1.53. The Morgan fingerprint density at radius 3 is 2.47 bits per heavy atom. The number of carbonyl (C=O) groups excluding carboxylic acids is 1. The average Bonchev–Trinajstić information content (AvgIpc) is 2.87. The summed E-state index contributed by atoms with van der Waals surface area (Å²) in [7, 11) is 0. The molecule has 0 aliphatic rings. The molecule has 0 aliphatic carbocycles. The molecule has 0 saturated heterocycles. The molecule has 0 fully saturated rings. The van der Waals surface area contributed by atoms with Crippen molar-refractivity contribution >= 4 is 22.2 Å². The number of fused-ring (bicyclic) bond motifs is 1. The number of hydrogen-bond acceptors (Lipinski definition) is 5. The van der Waals surface area contributed by atoms with Crippen molar-refractivity contribution in [3.63, 3.8) is 0 Å². The standard InChI is InChI=1S/C9H10F3N5OS/c1-3-16(4-2)6(18)5-15-17-7(9(10,11)12)13-14-8(17)19-5/h3-4H2,1-2H3. The van der Waals surface area contributed by atoms with Gasteiger partial charge >= 0.3 is 6.18 Å². The van der Waals surface area contributed by atoms with E-state index in [0.29, 0.717) is 17.6 Å². The fraction of sp³-hybridized carbons (Fsp3) is 0.556. The normalized spacial score (nSPS) is 12.1. The van der Waals surface area contributed by atoms with E-state index in [9.17, 15) is 18.0 Å². The summed E-state index contributed by atoms with van der Waals surface area (Å²) in [5, 5.41) is 10.0. The Hall–Kier alpha value is -1.71. The van der Waals surface area contributed by atoms with Gasteiger partial charge in [-0.2, -0.15) is 17.7 Å². The number of amides is 1. The molecule has 2 aromatic rings. The molecule has 0 atom stereocenters. The number of carbonyl (C=O) groups is 1. The molecule has 2 rings (SSSR count). The molecule has 0 bridgehead atoms. The van der Waals surface area contributed by atoms with Gasteiger partial charge in [0.15, 0.2) is 0 Å². The van der Waals surface area contributed by atoms with Gasteiger partial charge in [0.25, 0.3) is 11.7 Å². The smallest absolute Gasteiger partial charge is 0.337 e. The summed E-state index contributed by atoms with van der Waals surface area (Å²) in [5.41, 5.74) is 0. The van der Waals surface area contributed by atoms with Gasteiger partial charge in [-0.15, -0.1) is 15.3 Å². The van der Waals surface area contributed by atoms with Crippen LogP contribution in [-0.2, 0) is 6.18 Å². The molecule has 0 aromatic carbocycles. The summed E-state index contributed by atoms with van der Waals surface area (Å²) in [5.74, 6) is -1.63. The SMILES string of the molecule is CCN(CC)C(=O)c1nn2c(C(F)(F)F)nnc2s1. The number of aromatic nitrogens is 4. The molecule has 104 valence electrons. The van der Waals surface area contributed by atoms with E-state index in [1.807, 2.05) is 0 Å². The van der Waals surface area contributed by atoms with Gasteiger partial charge < -0.3 is 4.90 Å². The quantitative estimate of drug-likeness (QED) is 0.864. The summed E-state index contributed by atoms with van der Waals surface area (Å²) in [6.07, 6.45) is -4.65. The van der Waals surface area contributed by atoms with Crippen molar-refractivity contribution in [1.82, 2.24) is 24.7 Å². The second-order valence-electron chi connectivity index (χ2n) is 3.60. The van der Waals surface area contributed by atoms with Crippen LogP contribution in [0.4, 0.5) is 13.2 Å². The van der Waals surface area contributed by atoms with Gasteiger partial charge in [0, 0.05) is 13.1 Å². The average molecular weight is 293 g/mol. The number of alkyl halides is 3. The van der Waals surface area contributed by atoms with Crippen LogP contribution >= 0.6 is 11.3 Å². The molecule has 0 saturated carbocycles. The molecule has 0 N–H and O–H groups in total. The van der Waals surface area contributed by atoms with Gasteiger partial charge in [0.2, 0.25) is 9.97 Å². The predicted octanol–water partition coefficient (Wildman–Crippen LogP) is 1.69. The molecule has 10 heteroatoms. The molecule has 2 aromatic heterocycles. The molecular formula is C9H10F3N5OS. The maximum atomic E-state index is 12.6. The molecule has 6 nitrogen and oxygen atoms in total. The van der Waals surface area contributed by atoms with Crippen LogP contribution in [0.15, 0.2) is 0 Å². The van der Waals surface area contributed by atoms with Crippen LogP contribution in [0.5, 0.6) is 0 Å². The third kappa shape index (κ3) is 2.39. The topological polar surface area (TPSA) is 63.4 Å². The Balaban J connectivity index is 2.43. The van der Waals surface area contributed by atoms with Crippen molar-refractivity contribution in [3.05, 3.63) is 10.8 Å². The van der Waals surface area contributed by atoms with Gasteiger partial charge in [-0.3, -0.25) is 4.79 Å². The highest BCUT2D eigenvalue weighted by Crippen LogP contribution is 2.29. The third-order valence-electron chi connectivity index (χ3n) is 2.48. The highest BCUT2D eigenvalue weighted by Gasteiger charge is 2.38. The summed E-state index contributed by atoms with van der Waals surface area (Å²) >= 11 is 0.788. The largest absolute Gasteiger partial charge is 0.453 e. The van der Waals surface area contributed by atoms with E-state index < -0.39 is 17.9 Å². The minimum Gasteiger partial charge on any atom is -0.337 e. The lowest BCUT2D eigenvalue weighted by molar-refractivity contribution is -0.146. The number of hydrogen-bond donors (Lipinski definition) is 0. The van der Waals surface area contributed by atoms with Crippen LogP contribution in [0.3, 0.4) is 0 Å². The first-order valence-electron chi connectivity index (χ1n) is 5.47. The molecule has 1 amide bonds. The molecule has 19 heavy (non-hydrogen) atoms. The Morgan fingerprint density at radius 1 is 1.32 bits per heavy atom. The first kappa shape index (κ1) is 13.7. The number of rotatable bonds is 3. The van der Waals surface area contributed by atoms with Crippen LogP contribution in [0.1, 0.15) is 29.5 Å². The summed E-state index contributed by atoms with van der Waals surface area (Å²) in [6.45, 7) is 4.48. The first-order valence-corrected chi connectivity index (χ1v) is 6.28. The lowest BCUT2D eigenvalue weighted by atomic mass is 10.4. The number of nitrogens with zero attached hydrogens (tertiary/aromatic N) is 5. The lowest BCUT2D eigenvalue weighted by Crippen LogP contribution is -2.30. The van der Waals surface area contributed by atoms with Crippen molar-refractivity contribution in [1.29, 1.82) is 0 Å². The molecule has 0 aliphatic heterocycles. The van der Waals surface area contributed by atoms with E-state index in [1.165, 1.54) is 4.90 Å². The summed E-state index contributed by atoms with van der Waals surface area (Å²) in [4.78, 5) is 13.4. The highest BCUT2D eigenvalue weighted by molar-refractivity contribution is 7.18. The summed E-state index contributed by atoms with van der Waals surface area (Å²) < 4.78 is 38.4. The van der Waals surface area contributed by atoms with Crippen LogP contribution in [0.2, 0.25) is 0 Å². The molecular weight excluding hydrogens is 283 g/mol. The Kier molecular flexibility index (Phi) is 3.43. The maximum Gasteiger partial charge on any atom is 0.453 e. The lowest BCUT2D eigenvalue weighted by Gasteiger charge is -2.16. The zero-order valence-corrected chi connectivity index (χ0v) is 10.9. The number of halogens is 3. The zero-order chi connectivity index (χ0) is 14.2. The molecule has 2 heterocycles. The van der Waals surface area contributed by atoms with Gasteiger partial charge in [-0.1, -0.05) is 11.3 Å².